The Morgan fingerprint density at radius 2 is 2.24 bits per heavy atom. The molecule has 1 fully saturated rings. The van der Waals surface area contributed by atoms with Gasteiger partial charge in [0.2, 0.25) is 0 Å². The summed E-state index contributed by atoms with van der Waals surface area (Å²) in [6.07, 6.45) is 1.64. The first-order valence-corrected chi connectivity index (χ1v) is 9.00. The number of carbonyl (C=O) groups excluding carboxylic acids is 1. The molecule has 0 aliphatic carbocycles. The molecule has 5 nitrogen and oxygen atoms in total. The molecule has 1 aromatic carbocycles. The molecule has 6 heteroatoms. The predicted molar refractivity (Wildman–Crippen MR) is 99.3 cm³/mol. The molecule has 1 atom stereocenters. The molecule has 0 saturated carbocycles. The third-order valence-corrected chi connectivity index (χ3v) is 4.88. The Balaban J connectivity index is 1.86. The highest BCUT2D eigenvalue weighted by Gasteiger charge is 2.30. The van der Waals surface area contributed by atoms with Crippen molar-refractivity contribution < 1.29 is 14.3 Å². The van der Waals surface area contributed by atoms with Gasteiger partial charge < -0.3 is 19.4 Å². The number of rotatable bonds is 5. The minimum absolute atomic E-state index is 0.0638. The van der Waals surface area contributed by atoms with Gasteiger partial charge in [0.1, 0.15) is 5.69 Å². The second kappa shape index (κ2) is 7.36. The highest BCUT2D eigenvalue weighted by Crippen LogP contribution is 2.26. The topological polar surface area (TPSA) is 52.5 Å². The van der Waals surface area contributed by atoms with Gasteiger partial charge in [-0.2, -0.15) is 0 Å². The summed E-state index contributed by atoms with van der Waals surface area (Å²) in [6.45, 7) is 5.94. The maximum Gasteiger partial charge on any atom is 0.268 e. The summed E-state index contributed by atoms with van der Waals surface area (Å²) in [5, 5.41) is 4.79. The highest BCUT2D eigenvalue weighted by atomic mass is 35.5. The van der Waals surface area contributed by atoms with E-state index >= 15 is 0 Å². The van der Waals surface area contributed by atoms with Gasteiger partial charge in [0, 0.05) is 42.2 Å². The van der Waals surface area contributed by atoms with Crippen LogP contribution >= 0.6 is 11.6 Å². The van der Waals surface area contributed by atoms with Crippen molar-refractivity contribution in [1.29, 1.82) is 0 Å². The van der Waals surface area contributed by atoms with Crippen LogP contribution in [0.4, 0.5) is 0 Å². The van der Waals surface area contributed by atoms with E-state index in [4.69, 9.17) is 21.1 Å². The highest BCUT2D eigenvalue weighted by molar-refractivity contribution is 6.31. The number of hydrogen-bond acceptors (Lipinski definition) is 3. The zero-order valence-corrected chi connectivity index (χ0v) is 15.7. The molecule has 1 aromatic heterocycles. The van der Waals surface area contributed by atoms with Crippen LogP contribution in [0.2, 0.25) is 5.02 Å². The number of halogens is 1. The number of carbonyl (C=O) groups is 1. The van der Waals surface area contributed by atoms with Crippen LogP contribution in [0, 0.1) is 0 Å². The van der Waals surface area contributed by atoms with Gasteiger partial charge in [0.25, 0.3) is 5.91 Å². The molecule has 0 radical (unpaired) electrons. The Hall–Kier alpha value is -1.56. The van der Waals surface area contributed by atoms with Gasteiger partial charge in [-0.1, -0.05) is 11.6 Å². The second-order valence-corrected chi connectivity index (χ2v) is 7.58. The van der Waals surface area contributed by atoms with Crippen LogP contribution in [-0.2, 0) is 16.0 Å². The third kappa shape index (κ3) is 4.17. The summed E-state index contributed by atoms with van der Waals surface area (Å²) in [6, 6.07) is 7.69. The molecule has 1 aliphatic rings. The normalized spacial score (nSPS) is 19.9. The van der Waals surface area contributed by atoms with Crippen molar-refractivity contribution in [3.63, 3.8) is 0 Å². The van der Waals surface area contributed by atoms with Crippen molar-refractivity contribution in [2.24, 2.45) is 0 Å². The van der Waals surface area contributed by atoms with E-state index in [9.17, 15) is 4.79 Å². The van der Waals surface area contributed by atoms with Crippen molar-refractivity contribution >= 4 is 28.4 Å². The Labute approximate surface area is 153 Å². The number of nitrogens with one attached hydrogen (secondary N) is 1. The summed E-state index contributed by atoms with van der Waals surface area (Å²) < 4.78 is 12.9. The number of fused-ring (bicyclic) bond motifs is 1. The molecule has 1 aliphatic heterocycles. The van der Waals surface area contributed by atoms with Gasteiger partial charge in [0.15, 0.2) is 0 Å². The lowest BCUT2D eigenvalue weighted by Gasteiger charge is -2.35. The Kier molecular flexibility index (Phi) is 5.37. The fourth-order valence-electron chi connectivity index (χ4n) is 3.47. The predicted octanol–water partition coefficient (Wildman–Crippen LogP) is 3.63. The molecular formula is C19H25ClN2O3. The Morgan fingerprint density at radius 3 is 2.96 bits per heavy atom. The summed E-state index contributed by atoms with van der Waals surface area (Å²) in [4.78, 5) is 12.9. The van der Waals surface area contributed by atoms with Gasteiger partial charge in [-0.25, -0.2) is 0 Å². The van der Waals surface area contributed by atoms with Crippen LogP contribution in [-0.4, -0.2) is 42.4 Å². The lowest BCUT2D eigenvalue weighted by atomic mass is 9.94. The SMILES string of the molecule is COCCn1c(C(=O)N[C@H]2CCOC(C)(C)C2)cc2cc(Cl)ccc21. The van der Waals surface area contributed by atoms with Crippen LogP contribution in [0.5, 0.6) is 0 Å². The van der Waals surface area contributed by atoms with Gasteiger partial charge in [0.05, 0.1) is 12.2 Å². The first-order chi connectivity index (χ1) is 11.9. The largest absolute Gasteiger partial charge is 0.383 e. The maximum atomic E-state index is 12.9. The van der Waals surface area contributed by atoms with Crippen molar-refractivity contribution in [2.45, 2.75) is 44.9 Å². The summed E-state index contributed by atoms with van der Waals surface area (Å²) >= 11 is 6.10. The molecule has 0 bridgehead atoms. The smallest absolute Gasteiger partial charge is 0.268 e. The number of methoxy groups -OCH3 is 1. The molecule has 1 amide bonds. The van der Waals surface area contributed by atoms with Crippen LogP contribution in [0.15, 0.2) is 24.3 Å². The Morgan fingerprint density at radius 1 is 1.44 bits per heavy atom. The zero-order chi connectivity index (χ0) is 18.0. The fourth-order valence-corrected chi connectivity index (χ4v) is 3.65. The first-order valence-electron chi connectivity index (χ1n) is 8.62. The number of amides is 1. The molecular weight excluding hydrogens is 340 g/mol. The average molecular weight is 365 g/mol. The van der Waals surface area contributed by atoms with Crippen LogP contribution < -0.4 is 5.32 Å². The molecule has 0 unspecified atom stereocenters. The van der Waals surface area contributed by atoms with E-state index in [1.165, 1.54) is 0 Å². The summed E-state index contributed by atoms with van der Waals surface area (Å²) in [7, 11) is 1.66. The first kappa shape index (κ1) is 18.2. The van der Waals surface area contributed by atoms with E-state index < -0.39 is 0 Å². The molecule has 136 valence electrons. The number of benzene rings is 1. The zero-order valence-electron chi connectivity index (χ0n) is 15.0. The fraction of sp³-hybridized carbons (Fsp3) is 0.526. The van der Waals surface area contributed by atoms with E-state index in [0.717, 1.165) is 23.7 Å². The van der Waals surface area contributed by atoms with Crippen LogP contribution in [0.25, 0.3) is 10.9 Å². The number of nitrogens with zero attached hydrogens (tertiary/aromatic N) is 1. The maximum absolute atomic E-state index is 12.9. The third-order valence-electron chi connectivity index (χ3n) is 4.65. The number of ether oxygens (including phenoxy) is 2. The van der Waals surface area contributed by atoms with Gasteiger partial charge in [-0.15, -0.1) is 0 Å². The lowest BCUT2D eigenvalue weighted by Crippen LogP contribution is -2.46. The lowest BCUT2D eigenvalue weighted by molar-refractivity contribution is -0.0615. The van der Waals surface area contributed by atoms with Gasteiger partial charge in [-0.3, -0.25) is 4.79 Å². The quantitative estimate of drug-likeness (QED) is 0.881. The summed E-state index contributed by atoms with van der Waals surface area (Å²) in [5.41, 5.74) is 1.42. The van der Waals surface area contributed by atoms with Crippen molar-refractivity contribution in [3.05, 3.63) is 35.0 Å². The standard InChI is InChI=1S/C19H25ClN2O3/c1-19(2)12-15(6-8-25-19)21-18(23)17-11-13-10-14(20)4-5-16(13)22(17)7-9-24-3/h4-5,10-11,15H,6-9,12H2,1-3H3,(H,21,23)/t15-/m0/s1. The summed E-state index contributed by atoms with van der Waals surface area (Å²) in [5.74, 6) is -0.0638. The van der Waals surface area contributed by atoms with Crippen molar-refractivity contribution in [2.75, 3.05) is 20.3 Å². The van der Waals surface area contributed by atoms with Crippen molar-refractivity contribution in [3.8, 4) is 0 Å². The minimum Gasteiger partial charge on any atom is -0.383 e. The van der Waals surface area contributed by atoms with E-state index in [2.05, 4.69) is 19.2 Å². The molecule has 0 spiro atoms. The number of aromatic nitrogens is 1. The minimum atomic E-state index is -0.202. The molecule has 2 heterocycles. The Bertz CT molecular complexity index is 769. The molecule has 1 saturated heterocycles. The molecule has 1 N–H and O–H groups in total. The van der Waals surface area contributed by atoms with Gasteiger partial charge in [-0.05, 0) is 51.0 Å². The van der Waals surface area contributed by atoms with E-state index in [1.807, 2.05) is 28.8 Å². The average Bonchev–Trinajstić information content (AvgIpc) is 2.89. The van der Waals surface area contributed by atoms with Gasteiger partial charge >= 0.3 is 0 Å². The molecule has 3 rings (SSSR count). The van der Waals surface area contributed by atoms with E-state index in [-0.39, 0.29) is 17.6 Å². The monoisotopic (exact) mass is 364 g/mol. The number of hydrogen-bond donors (Lipinski definition) is 1. The van der Waals surface area contributed by atoms with Crippen molar-refractivity contribution in [1.82, 2.24) is 9.88 Å². The van der Waals surface area contributed by atoms with E-state index in [1.54, 1.807) is 7.11 Å². The molecule has 2 aromatic rings. The second-order valence-electron chi connectivity index (χ2n) is 7.15. The van der Waals surface area contributed by atoms with E-state index in [0.29, 0.717) is 30.5 Å². The van der Waals surface area contributed by atoms with Crippen LogP contribution in [0.3, 0.4) is 0 Å². The molecule has 25 heavy (non-hydrogen) atoms. The van der Waals surface area contributed by atoms with Crippen LogP contribution in [0.1, 0.15) is 37.2 Å².